The molecule has 2 amide bonds. The van der Waals surface area contributed by atoms with Crippen molar-refractivity contribution in [2.24, 2.45) is 0 Å². The van der Waals surface area contributed by atoms with Gasteiger partial charge in [0.15, 0.2) is 0 Å². The van der Waals surface area contributed by atoms with Crippen molar-refractivity contribution in [3.63, 3.8) is 0 Å². The van der Waals surface area contributed by atoms with Gasteiger partial charge in [0.1, 0.15) is 10.8 Å². The number of methoxy groups -OCH3 is 2. The standard InChI is InChI=1S/C26H20N4O10/c1-27-19-9-5-13(29(35)36)11-17(19)25(23(27)33)15(21(31)39-3)7-8-16(22(32)40-4)26(25)18-12-14(30(37)38)6-10-20(18)28(2)24(26)34/h5-12H,1-4H3/t25-,26+. The number of hydrogen-bond donors (Lipinski definition) is 0. The highest BCUT2D eigenvalue weighted by Crippen LogP contribution is 2.65. The molecule has 14 heteroatoms. The fraction of sp³-hybridized carbons (Fsp3) is 0.231. The van der Waals surface area contributed by atoms with Crippen LogP contribution in [0.25, 0.3) is 0 Å². The summed E-state index contributed by atoms with van der Waals surface area (Å²) in [6.07, 6.45) is 2.26. The number of likely N-dealkylation sites (N-methyl/N-ethyl adjacent to an activating group) is 2. The van der Waals surface area contributed by atoms with E-state index in [2.05, 4.69) is 0 Å². The Balaban J connectivity index is 2.08. The number of hydrogen-bond acceptors (Lipinski definition) is 10. The first-order chi connectivity index (χ1) is 18.9. The molecule has 2 heterocycles. The second kappa shape index (κ2) is 8.56. The lowest BCUT2D eigenvalue weighted by molar-refractivity contribution is -0.385. The molecule has 2 aliphatic heterocycles. The molecule has 2 aromatic rings. The van der Waals surface area contributed by atoms with Gasteiger partial charge in [-0.15, -0.1) is 0 Å². The van der Waals surface area contributed by atoms with E-state index in [-0.39, 0.29) is 22.5 Å². The number of anilines is 2. The minimum absolute atomic E-state index is 0.116. The van der Waals surface area contributed by atoms with Gasteiger partial charge in [0.2, 0.25) is 11.8 Å². The second-order valence-electron chi connectivity index (χ2n) is 9.29. The Morgan fingerprint density at radius 3 is 1.38 bits per heavy atom. The van der Waals surface area contributed by atoms with E-state index in [9.17, 15) is 39.4 Å². The van der Waals surface area contributed by atoms with Gasteiger partial charge in [-0.1, -0.05) is 0 Å². The number of ether oxygens (including phenoxy) is 2. The predicted octanol–water partition coefficient (Wildman–Crippen LogP) is 1.84. The molecule has 0 unspecified atom stereocenters. The predicted molar refractivity (Wildman–Crippen MR) is 137 cm³/mol. The summed E-state index contributed by atoms with van der Waals surface area (Å²) in [5, 5.41) is 23.7. The van der Waals surface area contributed by atoms with E-state index < -0.39 is 67.0 Å². The number of amides is 2. The Hall–Kier alpha value is -5.40. The fourth-order valence-electron chi connectivity index (χ4n) is 6.14. The molecule has 2 aromatic carbocycles. The van der Waals surface area contributed by atoms with Gasteiger partial charge < -0.3 is 19.3 Å². The van der Waals surface area contributed by atoms with Crippen molar-refractivity contribution in [1.29, 1.82) is 0 Å². The topological polar surface area (TPSA) is 180 Å². The molecule has 0 saturated heterocycles. The minimum Gasteiger partial charge on any atom is -0.466 e. The number of nitrogens with zero attached hydrogens (tertiary/aromatic N) is 4. The third-order valence-electron chi connectivity index (χ3n) is 7.76. The SMILES string of the molecule is COC(=O)C1=CC=C(C(=O)OC)[C@@]2(C(=O)N(C)c3ccc([N+](=O)[O-])cc32)[C@@]12C(=O)N(C)c1ccc([N+](=O)[O-])cc12. The lowest BCUT2D eigenvalue weighted by Crippen LogP contribution is -2.64. The zero-order valence-corrected chi connectivity index (χ0v) is 21.5. The third kappa shape index (κ3) is 2.86. The lowest BCUT2D eigenvalue weighted by atomic mass is 9.49. The van der Waals surface area contributed by atoms with Gasteiger partial charge in [-0.05, 0) is 24.3 Å². The van der Waals surface area contributed by atoms with Crippen LogP contribution in [0.2, 0.25) is 0 Å². The quantitative estimate of drug-likeness (QED) is 0.311. The summed E-state index contributed by atoms with van der Waals surface area (Å²) in [6, 6.07) is 6.98. The van der Waals surface area contributed by atoms with Gasteiger partial charge >= 0.3 is 11.9 Å². The van der Waals surface area contributed by atoms with Crippen LogP contribution in [0.1, 0.15) is 11.1 Å². The highest BCUT2D eigenvalue weighted by atomic mass is 16.6. The van der Waals surface area contributed by atoms with Crippen molar-refractivity contribution >= 4 is 46.5 Å². The zero-order chi connectivity index (χ0) is 29.3. The van der Waals surface area contributed by atoms with Crippen molar-refractivity contribution in [3.05, 3.63) is 91.1 Å². The van der Waals surface area contributed by atoms with Gasteiger partial charge in [-0.25, -0.2) is 9.59 Å². The molecule has 3 aliphatic rings. The van der Waals surface area contributed by atoms with Gasteiger partial charge in [0, 0.05) is 60.9 Å². The molecule has 2 atom stereocenters. The number of rotatable bonds is 4. The largest absolute Gasteiger partial charge is 0.466 e. The van der Waals surface area contributed by atoms with Gasteiger partial charge in [-0.2, -0.15) is 0 Å². The number of carbonyl (C=O) groups is 4. The molecule has 0 fully saturated rings. The van der Waals surface area contributed by atoms with Crippen LogP contribution in [0.3, 0.4) is 0 Å². The summed E-state index contributed by atoms with van der Waals surface area (Å²) in [5.74, 6) is -3.91. The van der Waals surface area contributed by atoms with Crippen LogP contribution in [0.4, 0.5) is 22.7 Å². The first-order valence-electron chi connectivity index (χ1n) is 11.6. The maximum absolute atomic E-state index is 14.6. The van der Waals surface area contributed by atoms with Gasteiger partial charge in [0.25, 0.3) is 11.4 Å². The number of esters is 2. The Morgan fingerprint density at radius 1 is 0.725 bits per heavy atom. The number of fused-ring (bicyclic) bond motifs is 5. The van der Waals surface area contributed by atoms with Crippen LogP contribution in [0.5, 0.6) is 0 Å². The molecule has 1 aliphatic carbocycles. The summed E-state index contributed by atoms with van der Waals surface area (Å²) in [5.41, 5.74) is -6.70. The van der Waals surface area contributed by atoms with Crippen molar-refractivity contribution in [3.8, 4) is 0 Å². The van der Waals surface area contributed by atoms with E-state index >= 15 is 0 Å². The number of nitro groups is 2. The van der Waals surface area contributed by atoms with Crippen molar-refractivity contribution < 1.29 is 38.5 Å². The molecule has 0 bridgehead atoms. The number of benzene rings is 2. The van der Waals surface area contributed by atoms with E-state index in [1.807, 2.05) is 0 Å². The van der Waals surface area contributed by atoms with Crippen molar-refractivity contribution in [2.75, 3.05) is 38.1 Å². The first kappa shape index (κ1) is 26.2. The van der Waals surface area contributed by atoms with Gasteiger partial charge in [0.05, 0.1) is 35.2 Å². The summed E-state index contributed by atoms with van der Waals surface area (Å²) >= 11 is 0. The normalized spacial score (nSPS) is 22.6. The smallest absolute Gasteiger partial charge is 0.335 e. The Kier molecular flexibility index (Phi) is 5.61. The van der Waals surface area contributed by atoms with E-state index in [0.717, 1.165) is 60.4 Å². The Labute approximate surface area is 225 Å². The summed E-state index contributed by atoms with van der Waals surface area (Å²) in [6.45, 7) is 0. The maximum atomic E-state index is 14.6. The van der Waals surface area contributed by atoms with Gasteiger partial charge in [-0.3, -0.25) is 29.8 Å². The van der Waals surface area contributed by atoms with E-state index in [1.54, 1.807) is 0 Å². The van der Waals surface area contributed by atoms with Crippen molar-refractivity contribution in [2.45, 2.75) is 10.8 Å². The van der Waals surface area contributed by atoms with Crippen LogP contribution < -0.4 is 9.80 Å². The Bertz CT molecular complexity index is 1540. The molecule has 0 N–H and O–H groups in total. The summed E-state index contributed by atoms with van der Waals surface area (Å²) < 4.78 is 10.00. The number of carbonyl (C=O) groups excluding carboxylic acids is 4. The highest BCUT2D eigenvalue weighted by Gasteiger charge is 2.76. The average Bonchev–Trinajstić information content (AvgIpc) is 3.30. The number of allylic oxidation sites excluding steroid dienone is 2. The lowest BCUT2D eigenvalue weighted by Gasteiger charge is -2.46. The molecule has 5 rings (SSSR count). The van der Waals surface area contributed by atoms with Crippen LogP contribution in [0, 0.1) is 20.2 Å². The van der Waals surface area contributed by atoms with Crippen molar-refractivity contribution in [1.82, 2.24) is 0 Å². The number of nitro benzene ring substituents is 2. The van der Waals surface area contributed by atoms with E-state index in [0.29, 0.717) is 0 Å². The zero-order valence-electron chi connectivity index (χ0n) is 21.5. The molecule has 2 spiro atoms. The monoisotopic (exact) mass is 548 g/mol. The highest BCUT2D eigenvalue weighted by molar-refractivity contribution is 6.27. The average molecular weight is 548 g/mol. The molecule has 40 heavy (non-hydrogen) atoms. The molecule has 0 radical (unpaired) electrons. The van der Waals surface area contributed by atoms with Crippen LogP contribution in [-0.2, 0) is 39.5 Å². The molecule has 0 aromatic heterocycles. The molecule has 14 nitrogen and oxygen atoms in total. The molecule has 204 valence electrons. The fourth-order valence-corrected chi connectivity index (χ4v) is 6.14. The summed E-state index contributed by atoms with van der Waals surface area (Å²) in [7, 11) is 4.78. The first-order valence-corrected chi connectivity index (χ1v) is 11.6. The van der Waals surface area contributed by atoms with E-state index in [1.165, 1.54) is 26.2 Å². The molecular weight excluding hydrogens is 528 g/mol. The molecular formula is C26H20N4O10. The van der Waals surface area contributed by atoms with E-state index in [4.69, 9.17) is 9.47 Å². The molecule has 0 saturated carbocycles. The maximum Gasteiger partial charge on any atom is 0.335 e. The number of non-ortho nitro benzene ring substituents is 2. The van der Waals surface area contributed by atoms with Crippen LogP contribution in [-0.4, -0.2) is 61.9 Å². The minimum atomic E-state index is -2.46. The second-order valence-corrected chi connectivity index (χ2v) is 9.29. The Morgan fingerprint density at radius 2 is 1.07 bits per heavy atom. The van der Waals surface area contributed by atoms with Crippen LogP contribution in [0.15, 0.2) is 59.7 Å². The van der Waals surface area contributed by atoms with Crippen LogP contribution >= 0.6 is 0 Å². The summed E-state index contributed by atoms with van der Waals surface area (Å²) in [4.78, 5) is 80.4. The third-order valence-corrected chi connectivity index (χ3v) is 7.76.